The van der Waals surface area contributed by atoms with Crippen molar-refractivity contribution >= 4 is 34.6 Å². The first kappa shape index (κ1) is 24.5. The summed E-state index contributed by atoms with van der Waals surface area (Å²) in [6.07, 6.45) is 1.88. The van der Waals surface area contributed by atoms with E-state index < -0.39 is 24.2 Å². The second-order valence-electron chi connectivity index (χ2n) is 7.98. The van der Waals surface area contributed by atoms with Crippen molar-refractivity contribution in [1.29, 1.82) is 0 Å². The Hall–Kier alpha value is -4.60. The molecular weight excluding hydrogens is 466 g/mol. The maximum atomic E-state index is 12.7. The third kappa shape index (κ3) is 5.72. The Kier molecular flexibility index (Phi) is 7.64. The van der Waals surface area contributed by atoms with Gasteiger partial charge in [-0.3, -0.25) is 19.0 Å². The molecule has 0 fully saturated rings. The molecule has 186 valence electrons. The fourth-order valence-corrected chi connectivity index (χ4v) is 3.69. The molecule has 1 N–H and O–H groups in total. The number of oxazole rings is 1. The van der Waals surface area contributed by atoms with E-state index in [0.29, 0.717) is 34.5 Å². The van der Waals surface area contributed by atoms with Crippen LogP contribution in [0.4, 0.5) is 5.69 Å². The van der Waals surface area contributed by atoms with Gasteiger partial charge in [0.25, 0.3) is 11.8 Å². The van der Waals surface area contributed by atoms with Gasteiger partial charge in [0.2, 0.25) is 0 Å². The number of nitrogens with one attached hydrogen (secondary N) is 1. The molecule has 2 aromatic heterocycles. The van der Waals surface area contributed by atoms with Crippen LogP contribution in [0.3, 0.4) is 0 Å². The quantitative estimate of drug-likeness (QED) is 0.338. The Balaban J connectivity index is 1.28. The van der Waals surface area contributed by atoms with Gasteiger partial charge < -0.3 is 23.8 Å². The van der Waals surface area contributed by atoms with Gasteiger partial charge in [-0.2, -0.15) is 0 Å². The minimum atomic E-state index is -0.568. The molecule has 2 aromatic carbocycles. The molecule has 0 aliphatic heterocycles. The largest absolute Gasteiger partial charge is 0.467 e. The molecule has 0 bridgehead atoms. The third-order valence-electron chi connectivity index (χ3n) is 5.58. The molecule has 36 heavy (non-hydrogen) atoms. The lowest BCUT2D eigenvalue weighted by molar-refractivity contribution is -0.147. The zero-order valence-electron chi connectivity index (χ0n) is 19.6. The Bertz CT molecular complexity index is 1420. The zero-order chi connectivity index (χ0) is 25.5. The number of esters is 1. The summed E-state index contributed by atoms with van der Waals surface area (Å²) < 4.78 is 17.0. The number of carbonyl (C=O) groups excluding carboxylic acids is 3. The fraction of sp³-hybridized carbons (Fsp3) is 0.231. The van der Waals surface area contributed by atoms with Crippen molar-refractivity contribution in [2.45, 2.75) is 25.9 Å². The van der Waals surface area contributed by atoms with Crippen molar-refractivity contribution in [1.82, 2.24) is 9.88 Å². The van der Waals surface area contributed by atoms with E-state index in [1.165, 1.54) is 22.8 Å². The van der Waals surface area contributed by atoms with Gasteiger partial charge in [0, 0.05) is 20.0 Å². The fourth-order valence-electron chi connectivity index (χ4n) is 3.69. The first-order chi connectivity index (χ1) is 17.4. The summed E-state index contributed by atoms with van der Waals surface area (Å²) in [5, 5.41) is 2.75. The molecule has 0 unspecified atom stereocenters. The van der Waals surface area contributed by atoms with Gasteiger partial charge in [0.05, 0.1) is 29.6 Å². The second kappa shape index (κ2) is 11.2. The second-order valence-corrected chi connectivity index (χ2v) is 7.98. The van der Waals surface area contributed by atoms with E-state index in [1.54, 1.807) is 60.7 Å². The number of benzene rings is 2. The number of aryl methyl sites for hydroxylation is 1. The summed E-state index contributed by atoms with van der Waals surface area (Å²) in [7, 11) is 1.51. The Morgan fingerprint density at radius 1 is 1.03 bits per heavy atom. The van der Waals surface area contributed by atoms with Crippen molar-refractivity contribution < 1.29 is 28.0 Å². The molecule has 10 heteroatoms. The van der Waals surface area contributed by atoms with Crippen molar-refractivity contribution in [3.8, 4) is 0 Å². The molecule has 0 spiro atoms. The van der Waals surface area contributed by atoms with Crippen LogP contribution in [0.15, 0.2) is 80.6 Å². The van der Waals surface area contributed by atoms with Crippen molar-refractivity contribution in [2.75, 3.05) is 18.6 Å². The number of amides is 2. The molecular formula is C26H25N3O7. The molecule has 0 atom stereocenters. The summed E-state index contributed by atoms with van der Waals surface area (Å²) in [4.78, 5) is 50.8. The van der Waals surface area contributed by atoms with Gasteiger partial charge in [-0.1, -0.05) is 24.3 Å². The van der Waals surface area contributed by atoms with E-state index >= 15 is 0 Å². The SMILES string of the molecule is CN(C(=O)COC(=O)CCCn1c(=O)oc2ccccc21)c1ccccc1C(=O)NCc1ccco1. The van der Waals surface area contributed by atoms with Crippen LogP contribution in [-0.4, -0.2) is 36.0 Å². The Morgan fingerprint density at radius 2 is 1.81 bits per heavy atom. The number of nitrogens with zero attached hydrogens (tertiary/aromatic N) is 2. The maximum Gasteiger partial charge on any atom is 0.419 e. The van der Waals surface area contributed by atoms with Crippen LogP contribution < -0.4 is 16.0 Å². The maximum absolute atomic E-state index is 12.7. The minimum absolute atomic E-state index is 0.0225. The molecule has 2 heterocycles. The Labute approximate surface area is 206 Å². The minimum Gasteiger partial charge on any atom is -0.467 e. The van der Waals surface area contributed by atoms with Crippen molar-refractivity contribution in [2.24, 2.45) is 0 Å². The Morgan fingerprint density at radius 3 is 2.61 bits per heavy atom. The normalized spacial score (nSPS) is 10.8. The molecule has 4 aromatic rings. The number of hydrogen-bond donors (Lipinski definition) is 1. The predicted octanol–water partition coefficient (Wildman–Crippen LogP) is 3.10. The average Bonchev–Trinajstić information content (AvgIpc) is 3.53. The smallest absolute Gasteiger partial charge is 0.419 e. The summed E-state index contributed by atoms with van der Waals surface area (Å²) >= 11 is 0. The molecule has 10 nitrogen and oxygen atoms in total. The number of likely N-dealkylation sites (N-methyl/N-ethyl adjacent to an activating group) is 1. The summed E-state index contributed by atoms with van der Waals surface area (Å²) in [6, 6.07) is 17.1. The molecule has 4 rings (SSSR count). The molecule has 0 saturated carbocycles. The average molecular weight is 492 g/mol. The predicted molar refractivity (Wildman–Crippen MR) is 130 cm³/mol. The molecule has 0 aliphatic carbocycles. The highest BCUT2D eigenvalue weighted by atomic mass is 16.5. The highest BCUT2D eigenvalue weighted by Gasteiger charge is 2.20. The van der Waals surface area contributed by atoms with Gasteiger partial charge in [-0.05, 0) is 42.8 Å². The number of aromatic nitrogens is 1. The van der Waals surface area contributed by atoms with Gasteiger partial charge in [-0.15, -0.1) is 0 Å². The van der Waals surface area contributed by atoms with Gasteiger partial charge in [0.1, 0.15) is 5.76 Å². The van der Waals surface area contributed by atoms with E-state index in [2.05, 4.69) is 5.32 Å². The van der Waals surface area contributed by atoms with E-state index in [-0.39, 0.29) is 25.4 Å². The summed E-state index contributed by atoms with van der Waals surface area (Å²) in [5.41, 5.74) is 1.80. The monoisotopic (exact) mass is 491 g/mol. The summed E-state index contributed by atoms with van der Waals surface area (Å²) in [5.74, 6) is -1.33. The van der Waals surface area contributed by atoms with Gasteiger partial charge >= 0.3 is 11.7 Å². The number of fused-ring (bicyclic) bond motifs is 1. The number of rotatable bonds is 10. The lowest BCUT2D eigenvalue weighted by Crippen LogP contribution is -2.33. The number of furan rings is 1. The number of anilines is 1. The molecule has 0 radical (unpaired) electrons. The lowest BCUT2D eigenvalue weighted by atomic mass is 10.1. The topological polar surface area (TPSA) is 124 Å². The van der Waals surface area contributed by atoms with Crippen LogP contribution in [0, 0.1) is 0 Å². The van der Waals surface area contributed by atoms with E-state index in [1.807, 2.05) is 0 Å². The van der Waals surface area contributed by atoms with Crippen LogP contribution in [0.1, 0.15) is 29.0 Å². The molecule has 2 amide bonds. The zero-order valence-corrected chi connectivity index (χ0v) is 19.6. The molecule has 0 saturated heterocycles. The van der Waals surface area contributed by atoms with Gasteiger partial charge in [0.15, 0.2) is 12.2 Å². The van der Waals surface area contributed by atoms with E-state index in [0.717, 1.165) is 0 Å². The standard InChI is InChI=1S/C26H25N3O7/c1-28(20-10-3-2-9-19(20)25(32)27-16-18-8-7-15-34-18)23(30)17-35-24(31)13-6-14-29-21-11-4-5-12-22(21)36-26(29)33/h2-5,7-12,15H,6,13-14,16-17H2,1H3,(H,27,32). The van der Waals surface area contributed by atoms with Crippen LogP contribution in [0.25, 0.3) is 11.1 Å². The summed E-state index contributed by atoms with van der Waals surface area (Å²) in [6.45, 7) is 0.00172. The van der Waals surface area contributed by atoms with E-state index in [4.69, 9.17) is 13.6 Å². The number of para-hydroxylation sites is 3. The highest BCUT2D eigenvalue weighted by Crippen LogP contribution is 2.20. The number of carbonyl (C=O) groups is 3. The van der Waals surface area contributed by atoms with Gasteiger partial charge in [-0.25, -0.2) is 4.79 Å². The first-order valence-corrected chi connectivity index (χ1v) is 11.3. The lowest BCUT2D eigenvalue weighted by Gasteiger charge is -2.20. The van der Waals surface area contributed by atoms with Crippen molar-refractivity contribution in [3.05, 3.63) is 88.8 Å². The number of ether oxygens (including phenoxy) is 1. The first-order valence-electron chi connectivity index (χ1n) is 11.3. The van der Waals surface area contributed by atoms with E-state index in [9.17, 15) is 19.2 Å². The third-order valence-corrected chi connectivity index (χ3v) is 5.58. The van der Waals surface area contributed by atoms with Crippen LogP contribution in [0.5, 0.6) is 0 Å². The number of hydrogen-bond acceptors (Lipinski definition) is 7. The van der Waals surface area contributed by atoms with Crippen LogP contribution in [-0.2, 0) is 27.4 Å². The van der Waals surface area contributed by atoms with Crippen molar-refractivity contribution in [3.63, 3.8) is 0 Å². The molecule has 0 aliphatic rings. The van der Waals surface area contributed by atoms with Crippen LogP contribution >= 0.6 is 0 Å². The van der Waals surface area contributed by atoms with Crippen LogP contribution in [0.2, 0.25) is 0 Å². The highest BCUT2D eigenvalue weighted by molar-refractivity contribution is 6.05.